The number of carbonyl (C=O) groups excluding carboxylic acids is 1. The lowest BCUT2D eigenvalue weighted by molar-refractivity contribution is -0.111. The van der Waals surface area contributed by atoms with Gasteiger partial charge in [0.1, 0.15) is 17.0 Å². The van der Waals surface area contributed by atoms with Gasteiger partial charge in [-0.1, -0.05) is 29.8 Å². The monoisotopic (exact) mass is 482 g/mol. The molecule has 5 nitrogen and oxygen atoms in total. The summed E-state index contributed by atoms with van der Waals surface area (Å²) < 4.78 is 11.8. The summed E-state index contributed by atoms with van der Waals surface area (Å²) in [5, 5.41) is 3.53. The molecule has 0 atom stereocenters. The number of nitrogens with zero attached hydrogens (tertiary/aromatic N) is 1. The minimum absolute atomic E-state index is 0.262. The van der Waals surface area contributed by atoms with Crippen molar-refractivity contribution in [3.63, 3.8) is 0 Å². The van der Waals surface area contributed by atoms with Crippen LogP contribution in [0.1, 0.15) is 22.5 Å². The lowest BCUT2D eigenvalue weighted by Crippen LogP contribution is -2.07. The molecule has 0 aliphatic carbocycles. The predicted molar refractivity (Wildman–Crippen MR) is 140 cm³/mol. The lowest BCUT2D eigenvalue weighted by Gasteiger charge is -2.03. The minimum atomic E-state index is -0.262. The van der Waals surface area contributed by atoms with Gasteiger partial charge in [0.25, 0.3) is 0 Å². The molecule has 2 aromatic heterocycles. The number of amides is 1. The van der Waals surface area contributed by atoms with Crippen LogP contribution in [-0.2, 0) is 4.79 Å². The Labute approximate surface area is 208 Å². The maximum Gasteiger partial charge on any atom is 0.248 e. The standard InChI is InChI=1S/C29H23ClN2O3/c1-17-14-19(3)28-25(15-17)32-29(35-28)20-6-8-22(9-7-20)31-27(33)13-11-23-10-12-26(34-23)21-5-4-18(2)24(30)16-21/h4-16H,1-3H3,(H,31,33)/b13-11+. The number of oxazole rings is 1. The van der Waals surface area contributed by atoms with E-state index in [4.69, 9.17) is 20.4 Å². The SMILES string of the molecule is Cc1cc(C)c2oc(-c3ccc(NC(=O)/C=C/c4ccc(-c5ccc(C)c(Cl)c5)o4)cc3)nc2c1. The number of hydrogen-bond donors (Lipinski definition) is 1. The van der Waals surface area contributed by atoms with Crippen molar-refractivity contribution in [1.29, 1.82) is 0 Å². The summed E-state index contributed by atoms with van der Waals surface area (Å²) in [6.07, 6.45) is 3.07. The number of nitrogens with one attached hydrogen (secondary N) is 1. The Morgan fingerprint density at radius 2 is 1.66 bits per heavy atom. The van der Waals surface area contributed by atoms with Crippen molar-refractivity contribution in [3.05, 3.63) is 100 Å². The highest BCUT2D eigenvalue weighted by Gasteiger charge is 2.11. The van der Waals surface area contributed by atoms with Crippen LogP contribution in [0.5, 0.6) is 0 Å². The number of fused-ring (bicyclic) bond motifs is 1. The third-order valence-corrected chi connectivity index (χ3v) is 6.11. The van der Waals surface area contributed by atoms with Crippen molar-refractivity contribution < 1.29 is 13.6 Å². The first-order valence-corrected chi connectivity index (χ1v) is 11.6. The molecule has 35 heavy (non-hydrogen) atoms. The van der Waals surface area contributed by atoms with Gasteiger partial charge in [-0.25, -0.2) is 4.98 Å². The van der Waals surface area contributed by atoms with Gasteiger partial charge in [0.2, 0.25) is 11.8 Å². The molecule has 174 valence electrons. The van der Waals surface area contributed by atoms with Crippen LogP contribution in [0.25, 0.3) is 40.0 Å². The van der Waals surface area contributed by atoms with Crippen molar-refractivity contribution in [2.24, 2.45) is 0 Å². The Hall–Kier alpha value is -4.09. The third-order valence-electron chi connectivity index (χ3n) is 5.70. The molecule has 0 unspecified atom stereocenters. The number of aryl methyl sites for hydroxylation is 3. The molecule has 0 aliphatic rings. The van der Waals surface area contributed by atoms with Crippen molar-refractivity contribution in [1.82, 2.24) is 4.98 Å². The van der Waals surface area contributed by atoms with Gasteiger partial charge in [0, 0.05) is 27.9 Å². The highest BCUT2D eigenvalue weighted by molar-refractivity contribution is 6.31. The molecule has 0 fully saturated rings. The Morgan fingerprint density at radius 3 is 2.43 bits per heavy atom. The first-order valence-electron chi connectivity index (χ1n) is 11.2. The van der Waals surface area contributed by atoms with E-state index in [1.165, 1.54) is 6.08 Å². The maximum absolute atomic E-state index is 12.4. The van der Waals surface area contributed by atoms with Gasteiger partial charge in [0.15, 0.2) is 5.58 Å². The fourth-order valence-electron chi connectivity index (χ4n) is 3.88. The van der Waals surface area contributed by atoms with Crippen LogP contribution in [0.15, 0.2) is 81.6 Å². The molecule has 5 rings (SSSR count). The van der Waals surface area contributed by atoms with E-state index < -0.39 is 0 Å². The van der Waals surface area contributed by atoms with E-state index in [1.807, 2.05) is 81.4 Å². The summed E-state index contributed by atoms with van der Waals surface area (Å²) in [5.41, 5.74) is 7.23. The highest BCUT2D eigenvalue weighted by Crippen LogP contribution is 2.29. The van der Waals surface area contributed by atoms with Crippen molar-refractivity contribution >= 4 is 40.4 Å². The van der Waals surface area contributed by atoms with Crippen LogP contribution in [0, 0.1) is 20.8 Å². The van der Waals surface area contributed by atoms with E-state index in [9.17, 15) is 4.79 Å². The van der Waals surface area contributed by atoms with Crippen LogP contribution in [-0.4, -0.2) is 10.9 Å². The molecule has 0 bridgehead atoms. The van der Waals surface area contributed by atoms with Crippen molar-refractivity contribution in [3.8, 4) is 22.8 Å². The number of furan rings is 1. The molecule has 3 aromatic carbocycles. The summed E-state index contributed by atoms with van der Waals surface area (Å²) in [6.45, 7) is 6.00. The quantitative estimate of drug-likeness (QED) is 0.258. The van der Waals surface area contributed by atoms with E-state index in [1.54, 1.807) is 6.08 Å². The van der Waals surface area contributed by atoms with Crippen LogP contribution in [0.3, 0.4) is 0 Å². The first-order chi connectivity index (χ1) is 16.9. The summed E-state index contributed by atoms with van der Waals surface area (Å²) in [6, 6.07) is 20.9. The number of benzene rings is 3. The van der Waals surface area contributed by atoms with Gasteiger partial charge in [-0.2, -0.15) is 0 Å². The second-order valence-electron chi connectivity index (χ2n) is 8.51. The topological polar surface area (TPSA) is 68.3 Å². The van der Waals surface area contributed by atoms with Gasteiger partial charge in [-0.05, 0) is 92.1 Å². The second-order valence-corrected chi connectivity index (χ2v) is 8.92. The third kappa shape index (κ3) is 4.91. The lowest BCUT2D eigenvalue weighted by atomic mass is 10.1. The first kappa shape index (κ1) is 22.7. The summed E-state index contributed by atoms with van der Waals surface area (Å²) >= 11 is 6.21. The molecule has 5 aromatic rings. The fourth-order valence-corrected chi connectivity index (χ4v) is 4.06. The van der Waals surface area contributed by atoms with Crippen LogP contribution < -0.4 is 5.32 Å². The van der Waals surface area contributed by atoms with Crippen LogP contribution in [0.2, 0.25) is 5.02 Å². The van der Waals surface area contributed by atoms with Crippen molar-refractivity contribution in [2.75, 3.05) is 5.32 Å². The Bertz CT molecular complexity index is 1580. The maximum atomic E-state index is 12.4. The molecule has 2 heterocycles. The highest BCUT2D eigenvalue weighted by atomic mass is 35.5. The van der Waals surface area contributed by atoms with Crippen LogP contribution >= 0.6 is 11.6 Å². The molecule has 6 heteroatoms. The number of carbonyl (C=O) groups is 1. The Balaban J connectivity index is 1.25. The zero-order chi connectivity index (χ0) is 24.5. The van der Waals surface area contributed by atoms with Gasteiger partial charge in [-0.3, -0.25) is 4.79 Å². The van der Waals surface area contributed by atoms with E-state index in [-0.39, 0.29) is 5.91 Å². The zero-order valence-corrected chi connectivity index (χ0v) is 20.3. The fraction of sp³-hybridized carbons (Fsp3) is 0.103. The molecule has 0 aliphatic heterocycles. The molecule has 0 spiro atoms. The van der Waals surface area contributed by atoms with E-state index in [0.29, 0.717) is 28.1 Å². The van der Waals surface area contributed by atoms with Crippen molar-refractivity contribution in [2.45, 2.75) is 20.8 Å². The number of halogens is 1. The predicted octanol–water partition coefficient (Wildman–Crippen LogP) is 7.99. The minimum Gasteiger partial charge on any atom is -0.457 e. The van der Waals surface area contributed by atoms with Gasteiger partial charge >= 0.3 is 0 Å². The number of anilines is 1. The summed E-state index contributed by atoms with van der Waals surface area (Å²) in [4.78, 5) is 17.0. The molecular weight excluding hydrogens is 460 g/mol. The van der Waals surface area contributed by atoms with E-state index >= 15 is 0 Å². The van der Waals surface area contributed by atoms with Gasteiger partial charge in [0.05, 0.1) is 0 Å². The van der Waals surface area contributed by atoms with Gasteiger partial charge in [-0.15, -0.1) is 0 Å². The van der Waals surface area contributed by atoms with E-state index in [0.717, 1.165) is 38.9 Å². The normalized spacial score (nSPS) is 11.4. The smallest absolute Gasteiger partial charge is 0.248 e. The number of hydrogen-bond acceptors (Lipinski definition) is 4. The molecule has 0 saturated carbocycles. The molecule has 0 saturated heterocycles. The second kappa shape index (κ2) is 9.28. The molecule has 1 amide bonds. The number of rotatable bonds is 5. The Morgan fingerprint density at radius 1 is 0.886 bits per heavy atom. The molecule has 1 N–H and O–H groups in total. The van der Waals surface area contributed by atoms with E-state index in [2.05, 4.69) is 16.4 Å². The zero-order valence-electron chi connectivity index (χ0n) is 19.6. The molecular formula is C29H23ClN2O3. The Kier molecular flexibility index (Phi) is 6.01. The number of aromatic nitrogens is 1. The average Bonchev–Trinajstić information content (AvgIpc) is 3.48. The summed E-state index contributed by atoms with van der Waals surface area (Å²) in [7, 11) is 0. The molecule has 0 radical (unpaired) electrons. The van der Waals surface area contributed by atoms with Gasteiger partial charge < -0.3 is 14.2 Å². The van der Waals surface area contributed by atoms with Crippen LogP contribution in [0.4, 0.5) is 5.69 Å². The average molecular weight is 483 g/mol. The summed E-state index contributed by atoms with van der Waals surface area (Å²) in [5.74, 6) is 1.55. The largest absolute Gasteiger partial charge is 0.457 e.